The molecule has 3 N–H and O–H groups in total. The smallest absolute Gasteiger partial charge is 0.344 e. The Balaban J connectivity index is 0. The molecule has 0 unspecified atom stereocenters. The summed E-state index contributed by atoms with van der Waals surface area (Å²) in [7, 11) is 0. The molecule has 7 heavy (non-hydrogen) atoms. The van der Waals surface area contributed by atoms with E-state index in [1.54, 1.807) is 0 Å². The first kappa shape index (κ1) is 73.5. The van der Waals surface area contributed by atoms with Gasteiger partial charge in [-0.05, 0) is 0 Å². The van der Waals surface area contributed by atoms with Crippen molar-refractivity contribution in [2.75, 3.05) is 0 Å². The van der Waals surface area contributed by atoms with E-state index >= 15 is 0 Å². The van der Waals surface area contributed by atoms with Gasteiger partial charge in [0.05, 0.1) is 0 Å². The largest absolute Gasteiger partial charge is 3.00 e. The molecule has 0 aromatic carbocycles. The summed E-state index contributed by atoms with van der Waals surface area (Å²) < 4.78 is 0. The van der Waals surface area contributed by atoms with Crippen LogP contribution < -0.4 is 6.15 Å². The molecule has 0 bridgehead atoms. The third-order valence-corrected chi connectivity index (χ3v) is 0. The zero-order chi connectivity index (χ0) is 0. The summed E-state index contributed by atoms with van der Waals surface area (Å²) in [4.78, 5) is 0. The predicted molar refractivity (Wildman–Crippen MR) is 5.02 cm³/mol. The summed E-state index contributed by atoms with van der Waals surface area (Å²) in [6.45, 7) is 0. The van der Waals surface area contributed by atoms with Gasteiger partial charge in [-0.3, -0.25) is 0 Å². The van der Waals surface area contributed by atoms with Gasteiger partial charge in [-0.25, -0.2) is 0 Å². The third kappa shape index (κ3) is 42.0. The van der Waals surface area contributed by atoms with Gasteiger partial charge in [-0.1, -0.05) is 0 Å². The second kappa shape index (κ2) is 53.6. The van der Waals surface area contributed by atoms with Crippen molar-refractivity contribution in [2.24, 2.45) is 0 Å². The molecule has 0 fully saturated rings. The van der Waals surface area contributed by atoms with Gasteiger partial charge >= 0.3 is 117 Å². The first-order valence-corrected chi connectivity index (χ1v) is 0. The van der Waals surface area contributed by atoms with Gasteiger partial charge in [-0.15, -0.1) is 0 Å². The van der Waals surface area contributed by atoms with Crippen LogP contribution in [0.2, 0.25) is 0 Å². The molecule has 0 amide bonds. The van der Waals surface area contributed by atoms with Gasteiger partial charge in [0, 0.05) is 0 Å². The fourth-order valence-electron chi connectivity index (χ4n) is 0. The van der Waals surface area contributed by atoms with E-state index in [1.165, 1.54) is 0 Å². The second-order valence-electron chi connectivity index (χ2n) is 0. The van der Waals surface area contributed by atoms with E-state index in [9.17, 15) is 0 Å². The zero-order valence-corrected chi connectivity index (χ0v) is 12.5. The molecule has 0 rings (SSSR count). The van der Waals surface area contributed by atoms with E-state index in [-0.39, 0.29) is 123 Å². The van der Waals surface area contributed by atoms with Gasteiger partial charge in [0.15, 0.2) is 0 Å². The molecule has 7 heteroatoms. The van der Waals surface area contributed by atoms with Gasteiger partial charge in [0.1, 0.15) is 0 Å². The van der Waals surface area contributed by atoms with Crippen molar-refractivity contribution in [1.82, 2.24) is 6.15 Å². The average Bonchev–Trinajstić information content (AvgIpc) is 0. The van der Waals surface area contributed by atoms with E-state index in [0.717, 1.165) is 0 Å². The maximum atomic E-state index is 0. The Morgan fingerprint density at radius 1 is 0.286 bits per heavy atom. The normalized spacial score (nSPS) is 0. The predicted octanol–water partition coefficient (Wildman–Crippen LogP) is 0.147. The summed E-state index contributed by atoms with van der Waals surface area (Å²) in [5.41, 5.74) is 0. The monoisotopic (exact) mass is 634 g/mol. The van der Waals surface area contributed by atoms with Crippen molar-refractivity contribution in [2.45, 2.75) is 0 Å². The van der Waals surface area contributed by atoms with Crippen molar-refractivity contribution >= 4 is 0 Å². The van der Waals surface area contributed by atoms with Gasteiger partial charge in [0.2, 0.25) is 0 Å². The molecule has 0 atom stereocenters. The van der Waals surface area contributed by atoms with Crippen molar-refractivity contribution in [3.05, 3.63) is 0 Å². The van der Waals surface area contributed by atoms with Crippen LogP contribution in [0.15, 0.2) is 0 Å². The molecule has 0 aliphatic rings. The molecular formula is H3NRh6+18. The minimum atomic E-state index is 0. The quantitative estimate of drug-likeness (QED) is 0.379. The van der Waals surface area contributed by atoms with Crippen LogP contribution in [0.1, 0.15) is 0 Å². The van der Waals surface area contributed by atoms with E-state index in [4.69, 9.17) is 0 Å². The fraction of sp³-hybridized carbons (Fsp3) is 0. The summed E-state index contributed by atoms with van der Waals surface area (Å²) >= 11 is 0. The maximum Gasteiger partial charge on any atom is 3.00 e. The van der Waals surface area contributed by atoms with Crippen LogP contribution in [0.25, 0.3) is 0 Å². The Hall–Kier alpha value is 3.70. The Bertz CT molecular complexity index is 4.14. The summed E-state index contributed by atoms with van der Waals surface area (Å²) in [5.74, 6) is 0. The van der Waals surface area contributed by atoms with Crippen LogP contribution in [0.3, 0.4) is 0 Å². The molecular weight excluding hydrogens is 631 g/mol. The molecule has 0 aromatic rings. The number of hydrogen-bond donors (Lipinski definition) is 1. The molecule has 0 aliphatic heterocycles. The topological polar surface area (TPSA) is 35.0 Å². The van der Waals surface area contributed by atoms with Crippen LogP contribution in [0, 0.1) is 0 Å². The minimum absolute atomic E-state index is 0. The standard InChI is InChI=1S/H3N.6Rh/h1H3;;;;;;/q;6*+3. The van der Waals surface area contributed by atoms with Crippen LogP contribution in [0.4, 0.5) is 0 Å². The summed E-state index contributed by atoms with van der Waals surface area (Å²) in [6.07, 6.45) is 0. The van der Waals surface area contributed by atoms with E-state index in [1.807, 2.05) is 0 Å². The Labute approximate surface area is 121 Å². The van der Waals surface area contributed by atoms with E-state index < -0.39 is 0 Å². The third-order valence-electron chi connectivity index (χ3n) is 0. The average molecular weight is 634 g/mol. The molecule has 0 aromatic heterocycles. The fourth-order valence-corrected chi connectivity index (χ4v) is 0. The van der Waals surface area contributed by atoms with E-state index in [2.05, 4.69) is 0 Å². The minimum Gasteiger partial charge on any atom is -0.344 e. The first-order chi connectivity index (χ1) is 0. The molecule has 1 nitrogen and oxygen atoms in total. The summed E-state index contributed by atoms with van der Waals surface area (Å²) in [5, 5.41) is 0. The van der Waals surface area contributed by atoms with Gasteiger partial charge in [-0.2, -0.15) is 0 Å². The van der Waals surface area contributed by atoms with Crippen molar-refractivity contribution in [3.63, 3.8) is 0 Å². The molecule has 44 valence electrons. The van der Waals surface area contributed by atoms with Crippen LogP contribution >= 0.6 is 0 Å². The number of rotatable bonds is 0. The van der Waals surface area contributed by atoms with Crippen LogP contribution in [0.5, 0.6) is 0 Å². The Kier molecular flexibility index (Phi) is 563. The maximum absolute atomic E-state index is 0. The van der Waals surface area contributed by atoms with Crippen molar-refractivity contribution in [1.29, 1.82) is 0 Å². The van der Waals surface area contributed by atoms with Crippen LogP contribution in [-0.2, 0) is 117 Å². The number of hydrogen-bond acceptors (Lipinski definition) is 1. The molecule has 0 saturated heterocycles. The Morgan fingerprint density at radius 2 is 0.286 bits per heavy atom. The van der Waals surface area contributed by atoms with Crippen LogP contribution in [-0.4, -0.2) is 0 Å². The first-order valence-electron chi connectivity index (χ1n) is 0. The van der Waals surface area contributed by atoms with E-state index in [0.29, 0.717) is 0 Å². The molecule has 0 saturated carbocycles. The molecule has 0 aliphatic carbocycles. The Morgan fingerprint density at radius 3 is 0.286 bits per heavy atom. The van der Waals surface area contributed by atoms with Gasteiger partial charge < -0.3 is 6.15 Å². The zero-order valence-electron chi connectivity index (χ0n) is 2.71. The second-order valence-corrected chi connectivity index (χ2v) is 0. The molecule has 0 radical (unpaired) electrons. The molecule has 0 spiro atoms. The van der Waals surface area contributed by atoms with Gasteiger partial charge in [0.25, 0.3) is 0 Å². The van der Waals surface area contributed by atoms with Crippen molar-refractivity contribution < 1.29 is 117 Å². The van der Waals surface area contributed by atoms with Crippen molar-refractivity contribution in [3.8, 4) is 0 Å². The SMILES string of the molecule is N.[Rh+3].[Rh+3].[Rh+3].[Rh+3].[Rh+3].[Rh+3]. The molecule has 0 heterocycles. The summed E-state index contributed by atoms with van der Waals surface area (Å²) in [6, 6.07) is 0.